The largest absolute Gasteiger partial charge is 0.389 e. The highest BCUT2D eigenvalue weighted by Gasteiger charge is 2.28. The fourth-order valence-corrected chi connectivity index (χ4v) is 3.30. The van der Waals surface area contributed by atoms with Crippen LogP contribution < -0.4 is 0 Å². The highest BCUT2D eigenvalue weighted by atomic mass is 79.9. The molecule has 0 spiro atoms. The van der Waals surface area contributed by atoms with Crippen LogP contribution in [0.5, 0.6) is 0 Å². The quantitative estimate of drug-likeness (QED) is 0.612. The number of rotatable bonds is 3. The number of halogens is 5. The molecule has 0 saturated carbocycles. The third-order valence-corrected chi connectivity index (χ3v) is 5.37. The highest BCUT2D eigenvalue weighted by Crippen LogP contribution is 2.39. The smallest absolute Gasteiger partial charge is 0.171 e. The molecule has 6 heteroatoms. The summed E-state index contributed by atoms with van der Waals surface area (Å²) in [5.41, 5.74) is 1.06. The Labute approximate surface area is 107 Å². The second kappa shape index (κ2) is 5.19. The van der Waals surface area contributed by atoms with Crippen LogP contribution in [0, 0.1) is 6.92 Å². The normalized spacial score (nSPS) is 14.3. The van der Waals surface area contributed by atoms with E-state index < -0.39 is 12.6 Å². The zero-order chi connectivity index (χ0) is 11.6. The van der Waals surface area contributed by atoms with Crippen molar-refractivity contribution in [1.82, 2.24) is 0 Å². The van der Waals surface area contributed by atoms with Crippen LogP contribution in [-0.4, -0.2) is 6.18 Å². The van der Waals surface area contributed by atoms with Gasteiger partial charge in [0, 0.05) is 16.1 Å². The lowest BCUT2D eigenvalue weighted by atomic mass is 10.2. The van der Waals surface area contributed by atoms with Crippen molar-refractivity contribution in [3.8, 4) is 0 Å². The Hall–Kier alpha value is 0.450. The van der Waals surface area contributed by atoms with Crippen LogP contribution in [0.2, 0.25) is 0 Å². The number of aryl methyl sites for hydroxylation is 1. The maximum absolute atomic E-state index is 12.0. The van der Waals surface area contributed by atoms with Gasteiger partial charge in [-0.05, 0) is 40.9 Å². The van der Waals surface area contributed by atoms with Crippen LogP contribution >= 0.6 is 43.2 Å². The van der Waals surface area contributed by atoms with E-state index in [1.807, 2.05) is 13.0 Å². The number of hydrogen-bond acceptors (Lipinski definition) is 1. The first-order valence-electron chi connectivity index (χ1n) is 4.26. The second-order valence-electron chi connectivity index (χ2n) is 3.23. The van der Waals surface area contributed by atoms with Crippen molar-refractivity contribution < 1.29 is 13.2 Å². The van der Waals surface area contributed by atoms with Gasteiger partial charge in [-0.3, -0.25) is 0 Å². The molecule has 0 radical (unpaired) electrons. The van der Waals surface area contributed by atoms with Gasteiger partial charge in [-0.25, -0.2) is 0 Å². The Bertz CT molecular complexity index is 313. The molecule has 0 saturated heterocycles. The zero-order valence-corrected chi connectivity index (χ0v) is 11.9. The van der Waals surface area contributed by atoms with Crippen molar-refractivity contribution in [3.05, 3.63) is 20.3 Å². The fraction of sp³-hybridized carbons (Fsp3) is 0.556. The summed E-state index contributed by atoms with van der Waals surface area (Å²) in [7, 11) is 0. The molecule has 0 nitrogen and oxygen atoms in total. The summed E-state index contributed by atoms with van der Waals surface area (Å²) in [6.45, 7) is 1.92. The molecule has 0 aliphatic rings. The van der Waals surface area contributed by atoms with Crippen molar-refractivity contribution in [3.63, 3.8) is 0 Å². The molecule has 0 aliphatic carbocycles. The van der Waals surface area contributed by atoms with Crippen molar-refractivity contribution in [1.29, 1.82) is 0 Å². The predicted octanol–water partition coefficient (Wildman–Crippen LogP) is 5.60. The zero-order valence-electron chi connectivity index (χ0n) is 7.87. The van der Waals surface area contributed by atoms with E-state index in [4.69, 9.17) is 0 Å². The maximum Gasteiger partial charge on any atom is 0.389 e. The first kappa shape index (κ1) is 13.5. The third kappa shape index (κ3) is 4.44. The van der Waals surface area contributed by atoms with Gasteiger partial charge in [0.15, 0.2) is 0 Å². The van der Waals surface area contributed by atoms with E-state index >= 15 is 0 Å². The minimum atomic E-state index is -4.07. The Kier molecular flexibility index (Phi) is 4.67. The maximum atomic E-state index is 12.0. The second-order valence-corrected chi connectivity index (χ2v) is 6.73. The van der Waals surface area contributed by atoms with E-state index in [0.29, 0.717) is 0 Å². The molecule has 0 aromatic carbocycles. The van der Waals surface area contributed by atoms with Gasteiger partial charge in [-0.1, -0.05) is 15.9 Å². The van der Waals surface area contributed by atoms with Gasteiger partial charge < -0.3 is 0 Å². The standard InChI is InChI=1S/C9H9Br2F3S/c1-5-4-7(15-8(5)11)6(10)2-3-9(12,13)14/h4,6H,2-3H2,1H3. The van der Waals surface area contributed by atoms with Crippen LogP contribution in [0.25, 0.3) is 0 Å². The summed E-state index contributed by atoms with van der Waals surface area (Å²) in [5, 5.41) is 0. The predicted molar refractivity (Wildman–Crippen MR) is 63.7 cm³/mol. The van der Waals surface area contributed by atoms with E-state index in [2.05, 4.69) is 31.9 Å². The fourth-order valence-electron chi connectivity index (χ4n) is 1.07. The molecular weight excluding hydrogens is 357 g/mol. The summed E-state index contributed by atoms with van der Waals surface area (Å²) < 4.78 is 36.9. The van der Waals surface area contributed by atoms with Crippen LogP contribution in [0.1, 0.15) is 28.1 Å². The molecule has 0 amide bonds. The Morgan fingerprint density at radius 1 is 1.47 bits per heavy atom. The average Bonchev–Trinajstić information content (AvgIpc) is 2.42. The SMILES string of the molecule is Cc1cc(C(Br)CCC(F)(F)F)sc1Br. The molecule has 1 rings (SSSR count). The van der Waals surface area contributed by atoms with Gasteiger partial charge in [-0.2, -0.15) is 13.2 Å². The van der Waals surface area contributed by atoms with Crippen LogP contribution in [-0.2, 0) is 0 Å². The first-order chi connectivity index (χ1) is 6.79. The Morgan fingerprint density at radius 2 is 2.07 bits per heavy atom. The van der Waals surface area contributed by atoms with E-state index in [0.717, 1.165) is 14.2 Å². The van der Waals surface area contributed by atoms with Crippen molar-refractivity contribution in [2.75, 3.05) is 0 Å². The molecule has 15 heavy (non-hydrogen) atoms. The van der Waals surface area contributed by atoms with Crippen LogP contribution in [0.15, 0.2) is 9.85 Å². The molecule has 0 N–H and O–H groups in total. The molecule has 1 unspecified atom stereocenters. The minimum Gasteiger partial charge on any atom is -0.171 e. The average molecular weight is 366 g/mol. The summed E-state index contributed by atoms with van der Waals surface area (Å²) in [5.74, 6) is 0. The van der Waals surface area contributed by atoms with Gasteiger partial charge in [-0.15, -0.1) is 11.3 Å². The van der Waals surface area contributed by atoms with E-state index in [-0.39, 0.29) is 11.2 Å². The molecular formula is C9H9Br2F3S. The Morgan fingerprint density at radius 3 is 2.47 bits per heavy atom. The third-order valence-electron chi connectivity index (χ3n) is 1.87. The molecule has 1 aromatic rings. The molecule has 86 valence electrons. The van der Waals surface area contributed by atoms with Crippen LogP contribution in [0.3, 0.4) is 0 Å². The molecule has 0 bridgehead atoms. The van der Waals surface area contributed by atoms with Gasteiger partial charge in [0.25, 0.3) is 0 Å². The molecule has 0 aliphatic heterocycles. The lowest BCUT2D eigenvalue weighted by molar-refractivity contribution is -0.135. The summed E-state index contributed by atoms with van der Waals surface area (Å²) in [6, 6.07) is 1.91. The number of hydrogen-bond donors (Lipinski definition) is 0. The monoisotopic (exact) mass is 364 g/mol. The van der Waals surface area contributed by atoms with Crippen LogP contribution in [0.4, 0.5) is 13.2 Å². The van der Waals surface area contributed by atoms with Crippen molar-refractivity contribution in [2.24, 2.45) is 0 Å². The Balaban J connectivity index is 2.58. The van der Waals surface area contributed by atoms with Gasteiger partial charge in [0.1, 0.15) is 0 Å². The van der Waals surface area contributed by atoms with E-state index in [9.17, 15) is 13.2 Å². The summed E-state index contributed by atoms with van der Waals surface area (Å²) in [4.78, 5) is 0.720. The van der Waals surface area contributed by atoms with Gasteiger partial charge >= 0.3 is 6.18 Å². The van der Waals surface area contributed by atoms with Crippen molar-refractivity contribution >= 4 is 43.2 Å². The van der Waals surface area contributed by atoms with Gasteiger partial charge in [0.2, 0.25) is 0 Å². The van der Waals surface area contributed by atoms with E-state index in [1.54, 1.807) is 0 Å². The number of thiophene rings is 1. The minimum absolute atomic E-state index is 0.0793. The topological polar surface area (TPSA) is 0 Å². The molecule has 1 atom stereocenters. The molecule has 0 fully saturated rings. The van der Waals surface area contributed by atoms with Crippen molar-refractivity contribution in [2.45, 2.75) is 30.8 Å². The lowest BCUT2D eigenvalue weighted by Crippen LogP contribution is -2.07. The molecule has 1 aromatic heterocycles. The van der Waals surface area contributed by atoms with Gasteiger partial charge in [0.05, 0.1) is 3.79 Å². The summed E-state index contributed by atoms with van der Waals surface area (Å²) >= 11 is 8.10. The summed E-state index contributed by atoms with van der Waals surface area (Å²) in [6.07, 6.45) is -4.75. The highest BCUT2D eigenvalue weighted by molar-refractivity contribution is 9.11. The lowest BCUT2D eigenvalue weighted by Gasteiger charge is -2.09. The van der Waals surface area contributed by atoms with E-state index in [1.165, 1.54) is 11.3 Å². The number of alkyl halides is 4. The molecule has 1 heterocycles. The first-order valence-corrected chi connectivity index (χ1v) is 6.79.